The third-order valence-corrected chi connectivity index (χ3v) is 6.31. The van der Waals surface area contributed by atoms with E-state index in [4.69, 9.17) is 9.47 Å². The molecular formula is C28H18F3N2NaO7. The van der Waals surface area contributed by atoms with Crippen LogP contribution < -0.4 is 45.1 Å². The zero-order valence-corrected chi connectivity index (χ0v) is 23.4. The molecule has 0 radical (unpaired) electrons. The van der Waals surface area contributed by atoms with Crippen LogP contribution >= 0.6 is 0 Å². The van der Waals surface area contributed by atoms with Crippen molar-refractivity contribution in [1.29, 1.82) is 0 Å². The van der Waals surface area contributed by atoms with E-state index in [9.17, 15) is 37.5 Å². The van der Waals surface area contributed by atoms with Gasteiger partial charge in [-0.05, 0) is 35.7 Å². The Morgan fingerprint density at radius 1 is 1.00 bits per heavy atom. The van der Waals surface area contributed by atoms with Crippen LogP contribution in [0.25, 0.3) is 22.0 Å². The van der Waals surface area contributed by atoms with Crippen LogP contribution in [0.1, 0.15) is 26.3 Å². The van der Waals surface area contributed by atoms with Crippen LogP contribution in [0.5, 0.6) is 0 Å². The van der Waals surface area contributed by atoms with Gasteiger partial charge in [0.15, 0.2) is 6.10 Å². The third kappa shape index (κ3) is 6.14. The number of nitrogens with one attached hydrogen (secondary N) is 1. The van der Waals surface area contributed by atoms with Crippen molar-refractivity contribution in [3.8, 4) is 11.3 Å². The molecule has 1 N–H and O–H groups in total. The second-order valence-corrected chi connectivity index (χ2v) is 8.87. The molecule has 41 heavy (non-hydrogen) atoms. The molecule has 1 atom stereocenters. The van der Waals surface area contributed by atoms with Gasteiger partial charge in [0.25, 0.3) is 5.56 Å². The Balaban J connectivity index is 0.00000387. The van der Waals surface area contributed by atoms with Crippen LogP contribution in [0.2, 0.25) is 0 Å². The zero-order valence-electron chi connectivity index (χ0n) is 21.4. The van der Waals surface area contributed by atoms with E-state index in [1.54, 1.807) is 0 Å². The molecule has 0 bridgehead atoms. The summed E-state index contributed by atoms with van der Waals surface area (Å²) in [7, 11) is 0. The molecule has 0 saturated carbocycles. The molecule has 1 saturated heterocycles. The number of hydrogen-bond donors (Lipinski definition) is 1. The number of alkyl halides is 3. The van der Waals surface area contributed by atoms with E-state index >= 15 is 0 Å². The van der Waals surface area contributed by atoms with E-state index in [2.05, 4.69) is 4.98 Å². The fraction of sp³-hybridized carbons (Fsp3) is 0.143. The number of halogens is 3. The standard InChI is InChI=1S/C28H19F3N2O7.Na/c29-28(30,31)22-8-4-3-7-20(22)23-11-15-9-10-16(12-21(15)24(34)32-23)33-13-17(40-27(33)38)14-39-26(37)19-6-2-1-5-18(19)25(35)36;/h1-12,17H,13-14H2,(H,32,34)(H,35,36);/q;+1/p-1/t17-;/m0./s1. The molecule has 1 fully saturated rings. The number of benzene rings is 3. The molecule has 3 aromatic carbocycles. The summed E-state index contributed by atoms with van der Waals surface area (Å²) < 4.78 is 50.8. The van der Waals surface area contributed by atoms with E-state index in [-0.39, 0.29) is 76.2 Å². The van der Waals surface area contributed by atoms with Crippen LogP contribution in [-0.2, 0) is 15.7 Å². The second-order valence-electron chi connectivity index (χ2n) is 8.87. The Bertz CT molecular complexity index is 1720. The minimum atomic E-state index is -4.62. The number of carboxylic acid groups (broad SMARTS) is 1. The molecule has 5 rings (SSSR count). The molecule has 2 heterocycles. The van der Waals surface area contributed by atoms with Crippen molar-refractivity contribution in [3.05, 3.63) is 99.8 Å². The predicted octanol–water partition coefficient (Wildman–Crippen LogP) is 0.764. The maximum atomic E-state index is 13.5. The van der Waals surface area contributed by atoms with Gasteiger partial charge in [0.2, 0.25) is 0 Å². The summed E-state index contributed by atoms with van der Waals surface area (Å²) in [4.78, 5) is 52.7. The monoisotopic (exact) mass is 574 g/mol. The van der Waals surface area contributed by atoms with Gasteiger partial charge in [0, 0.05) is 27.9 Å². The van der Waals surface area contributed by atoms with Gasteiger partial charge < -0.3 is 24.4 Å². The molecule has 13 heteroatoms. The molecule has 1 aliphatic rings. The fourth-order valence-corrected chi connectivity index (χ4v) is 4.43. The zero-order chi connectivity index (χ0) is 28.6. The first-order valence-electron chi connectivity index (χ1n) is 11.8. The number of H-pyrrole nitrogens is 1. The summed E-state index contributed by atoms with van der Waals surface area (Å²) in [6, 6.07) is 16.1. The van der Waals surface area contributed by atoms with E-state index in [1.807, 2.05) is 0 Å². The molecule has 4 aromatic rings. The van der Waals surface area contributed by atoms with Crippen LogP contribution in [0, 0.1) is 0 Å². The molecule has 9 nitrogen and oxygen atoms in total. The molecule has 0 spiro atoms. The number of aromatic nitrogens is 1. The molecule has 204 valence electrons. The number of fused-ring (bicyclic) bond motifs is 1. The van der Waals surface area contributed by atoms with Crippen LogP contribution in [-0.4, -0.2) is 42.3 Å². The van der Waals surface area contributed by atoms with E-state index in [0.29, 0.717) is 5.39 Å². The number of rotatable bonds is 6. The Kier molecular flexibility index (Phi) is 8.57. The number of pyridine rings is 1. The van der Waals surface area contributed by atoms with Crippen molar-refractivity contribution < 1.29 is 71.7 Å². The van der Waals surface area contributed by atoms with Gasteiger partial charge in [0.05, 0.1) is 23.6 Å². The number of carboxylic acids is 1. The molecule has 1 aliphatic heterocycles. The first-order valence-corrected chi connectivity index (χ1v) is 11.8. The summed E-state index contributed by atoms with van der Waals surface area (Å²) in [5.41, 5.74) is -2.02. The average Bonchev–Trinajstić information content (AvgIpc) is 3.31. The smallest absolute Gasteiger partial charge is 0.545 e. The Labute approximate surface area is 251 Å². The Morgan fingerprint density at radius 2 is 1.68 bits per heavy atom. The first kappa shape index (κ1) is 29.8. The number of nitrogens with zero attached hydrogens (tertiary/aromatic N) is 1. The largest absolute Gasteiger partial charge is 1.00 e. The molecule has 0 aliphatic carbocycles. The van der Waals surface area contributed by atoms with Crippen molar-refractivity contribution in [2.45, 2.75) is 12.3 Å². The van der Waals surface area contributed by atoms with Crippen molar-refractivity contribution in [2.75, 3.05) is 18.1 Å². The van der Waals surface area contributed by atoms with Gasteiger partial charge in [-0.3, -0.25) is 9.69 Å². The molecule has 0 unspecified atom stereocenters. The maximum Gasteiger partial charge on any atom is 1.00 e. The fourth-order valence-electron chi connectivity index (χ4n) is 4.43. The molecule has 1 amide bonds. The summed E-state index contributed by atoms with van der Waals surface area (Å²) in [5.74, 6) is -2.48. The van der Waals surface area contributed by atoms with Gasteiger partial charge >= 0.3 is 47.8 Å². The van der Waals surface area contributed by atoms with Gasteiger partial charge in [-0.2, -0.15) is 13.2 Å². The van der Waals surface area contributed by atoms with Crippen molar-refractivity contribution in [2.24, 2.45) is 0 Å². The first-order chi connectivity index (χ1) is 19.0. The summed E-state index contributed by atoms with van der Waals surface area (Å²) in [5, 5.41) is 11.7. The minimum absolute atomic E-state index is 0. The number of aromatic amines is 1. The van der Waals surface area contributed by atoms with Crippen molar-refractivity contribution >= 4 is 34.5 Å². The van der Waals surface area contributed by atoms with Crippen LogP contribution in [0.15, 0.2) is 77.6 Å². The summed E-state index contributed by atoms with van der Waals surface area (Å²) in [6.45, 7) is -0.409. The van der Waals surface area contributed by atoms with Gasteiger partial charge in [0.1, 0.15) is 6.61 Å². The number of esters is 1. The number of carbonyl (C=O) groups is 3. The van der Waals surface area contributed by atoms with Crippen molar-refractivity contribution in [1.82, 2.24) is 4.98 Å². The van der Waals surface area contributed by atoms with Gasteiger partial charge in [-0.1, -0.05) is 42.5 Å². The van der Waals surface area contributed by atoms with E-state index in [1.165, 1.54) is 71.6 Å². The average molecular weight is 574 g/mol. The van der Waals surface area contributed by atoms with Crippen LogP contribution in [0.4, 0.5) is 23.7 Å². The van der Waals surface area contributed by atoms with E-state index < -0.39 is 41.4 Å². The number of hydrogen-bond acceptors (Lipinski definition) is 7. The SMILES string of the molecule is O=C([O-])c1ccccc1C(=O)OC[C@@H]1CN(c2ccc3cc(-c4ccccc4C(F)(F)F)[nH]c(=O)c3c2)C(=O)O1.[Na+]. The van der Waals surface area contributed by atoms with E-state index in [0.717, 1.165) is 6.07 Å². The number of amides is 1. The minimum Gasteiger partial charge on any atom is -0.545 e. The number of cyclic esters (lactones) is 1. The topological polar surface area (TPSA) is 129 Å². The Hall–Kier alpha value is -4.13. The Morgan fingerprint density at radius 3 is 2.39 bits per heavy atom. The predicted molar refractivity (Wildman–Crippen MR) is 134 cm³/mol. The number of anilines is 1. The number of ether oxygens (including phenoxy) is 2. The van der Waals surface area contributed by atoms with Crippen LogP contribution in [0.3, 0.4) is 0 Å². The number of aromatic carboxylic acids is 1. The summed E-state index contributed by atoms with van der Waals surface area (Å²) in [6.07, 6.45) is -6.28. The third-order valence-electron chi connectivity index (χ3n) is 6.31. The number of carbonyl (C=O) groups excluding carboxylic acids is 3. The maximum absolute atomic E-state index is 13.5. The molecular weight excluding hydrogens is 556 g/mol. The van der Waals surface area contributed by atoms with Gasteiger partial charge in [-0.15, -0.1) is 0 Å². The normalized spacial score (nSPS) is 14.9. The van der Waals surface area contributed by atoms with Crippen molar-refractivity contribution in [3.63, 3.8) is 0 Å². The quantitative estimate of drug-likeness (QED) is 0.266. The second kappa shape index (κ2) is 11.8. The molecule has 1 aromatic heterocycles. The van der Waals surface area contributed by atoms with Gasteiger partial charge in [-0.25, -0.2) is 9.59 Å². The summed E-state index contributed by atoms with van der Waals surface area (Å²) >= 11 is 0.